The first kappa shape index (κ1) is 11.7. The van der Waals surface area contributed by atoms with Crippen LogP contribution >= 0.6 is 0 Å². The van der Waals surface area contributed by atoms with E-state index < -0.39 is 5.97 Å². The van der Waals surface area contributed by atoms with Gasteiger partial charge in [-0.05, 0) is 37.0 Å². The van der Waals surface area contributed by atoms with Gasteiger partial charge in [-0.15, -0.1) is 0 Å². The monoisotopic (exact) mass is 232 g/mol. The molecule has 1 aliphatic carbocycles. The van der Waals surface area contributed by atoms with E-state index in [0.29, 0.717) is 0 Å². The molecule has 0 amide bonds. The van der Waals surface area contributed by atoms with Crippen LogP contribution in [0, 0.1) is 0 Å². The molecule has 0 bridgehead atoms. The van der Waals surface area contributed by atoms with Crippen LogP contribution in [0.2, 0.25) is 0 Å². The average Bonchev–Trinajstić information content (AvgIpc) is 2.76. The Morgan fingerprint density at radius 2 is 2.35 bits per heavy atom. The fourth-order valence-corrected chi connectivity index (χ4v) is 2.44. The van der Waals surface area contributed by atoms with Crippen LogP contribution in [0.15, 0.2) is 35.9 Å². The van der Waals surface area contributed by atoms with E-state index >= 15 is 0 Å². The summed E-state index contributed by atoms with van der Waals surface area (Å²) >= 11 is 0. The van der Waals surface area contributed by atoms with Crippen molar-refractivity contribution in [3.05, 3.63) is 41.5 Å². The first-order valence-corrected chi connectivity index (χ1v) is 5.78. The van der Waals surface area contributed by atoms with Crippen molar-refractivity contribution in [1.29, 1.82) is 0 Å². The van der Waals surface area contributed by atoms with Gasteiger partial charge in [0.15, 0.2) is 0 Å². The number of hydrogen-bond acceptors (Lipinski definition) is 2. The molecule has 0 aliphatic heterocycles. The van der Waals surface area contributed by atoms with E-state index in [4.69, 9.17) is 9.84 Å². The van der Waals surface area contributed by atoms with Crippen LogP contribution in [-0.4, -0.2) is 18.2 Å². The fourth-order valence-electron chi connectivity index (χ4n) is 2.44. The molecule has 2 rings (SSSR count). The fraction of sp³-hybridized carbons (Fsp3) is 0.357. The molecule has 1 fully saturated rings. The molecule has 1 aromatic rings. The van der Waals surface area contributed by atoms with E-state index in [2.05, 4.69) is 0 Å². The van der Waals surface area contributed by atoms with Crippen molar-refractivity contribution in [3.8, 4) is 5.75 Å². The van der Waals surface area contributed by atoms with Crippen LogP contribution in [0.5, 0.6) is 5.75 Å². The Balaban J connectivity index is 2.29. The third kappa shape index (κ3) is 2.67. The van der Waals surface area contributed by atoms with Crippen molar-refractivity contribution < 1.29 is 14.6 Å². The summed E-state index contributed by atoms with van der Waals surface area (Å²) in [5.74, 6) is 0.208. The minimum atomic E-state index is -0.852. The molecule has 0 aromatic heterocycles. The molecular weight excluding hydrogens is 216 g/mol. The maximum absolute atomic E-state index is 10.8. The van der Waals surface area contributed by atoms with Gasteiger partial charge in [0, 0.05) is 12.0 Å². The summed E-state index contributed by atoms with van der Waals surface area (Å²) in [4.78, 5) is 10.8. The smallest absolute Gasteiger partial charge is 0.328 e. The number of carboxylic acids is 1. The number of carboxylic acid groups (broad SMARTS) is 1. The van der Waals surface area contributed by atoms with E-state index in [1.54, 1.807) is 7.11 Å². The van der Waals surface area contributed by atoms with E-state index in [-0.39, 0.29) is 5.92 Å². The highest BCUT2D eigenvalue weighted by Gasteiger charge is 2.23. The minimum Gasteiger partial charge on any atom is -0.497 e. The van der Waals surface area contributed by atoms with Crippen molar-refractivity contribution in [2.75, 3.05) is 7.11 Å². The first-order chi connectivity index (χ1) is 8.20. The minimum absolute atomic E-state index is 0.237. The molecule has 1 aliphatic rings. The maximum Gasteiger partial charge on any atom is 0.328 e. The zero-order valence-corrected chi connectivity index (χ0v) is 9.85. The van der Waals surface area contributed by atoms with Gasteiger partial charge in [-0.2, -0.15) is 0 Å². The number of carbonyl (C=O) groups is 1. The molecule has 0 radical (unpaired) electrons. The summed E-state index contributed by atoms with van der Waals surface area (Å²) in [7, 11) is 1.64. The third-order valence-electron chi connectivity index (χ3n) is 3.21. The van der Waals surface area contributed by atoms with Gasteiger partial charge in [-0.1, -0.05) is 17.7 Å². The van der Waals surface area contributed by atoms with Gasteiger partial charge in [0.2, 0.25) is 0 Å². The summed E-state index contributed by atoms with van der Waals surface area (Å²) in [5.41, 5.74) is 2.17. The first-order valence-electron chi connectivity index (χ1n) is 5.78. The largest absolute Gasteiger partial charge is 0.497 e. The maximum atomic E-state index is 10.8. The molecule has 1 aromatic carbocycles. The highest BCUT2D eigenvalue weighted by atomic mass is 16.5. The molecular formula is C14H16O3. The van der Waals surface area contributed by atoms with Crippen molar-refractivity contribution >= 4 is 5.97 Å². The molecule has 1 atom stereocenters. The molecule has 0 spiro atoms. The van der Waals surface area contributed by atoms with Gasteiger partial charge in [0.1, 0.15) is 5.75 Å². The van der Waals surface area contributed by atoms with Gasteiger partial charge in [-0.3, -0.25) is 0 Å². The molecule has 1 unspecified atom stereocenters. The molecule has 3 nitrogen and oxygen atoms in total. The SMILES string of the molecule is COc1cccc(C2CCC/C2=C\C(=O)O)c1. The van der Waals surface area contributed by atoms with Crippen molar-refractivity contribution in [3.63, 3.8) is 0 Å². The molecule has 90 valence electrons. The molecule has 3 heteroatoms. The Morgan fingerprint density at radius 1 is 1.53 bits per heavy atom. The lowest BCUT2D eigenvalue weighted by Gasteiger charge is -2.13. The summed E-state index contributed by atoms with van der Waals surface area (Å²) in [6.45, 7) is 0. The Kier molecular flexibility index (Phi) is 3.47. The van der Waals surface area contributed by atoms with Crippen LogP contribution in [0.3, 0.4) is 0 Å². The van der Waals surface area contributed by atoms with E-state index in [1.165, 1.54) is 6.08 Å². The van der Waals surface area contributed by atoms with E-state index in [0.717, 1.165) is 36.1 Å². The standard InChI is InChI=1S/C14H16O3/c1-17-12-6-2-4-10(8-12)13-7-3-5-11(13)9-14(15)16/h2,4,6,8-9,13H,3,5,7H2,1H3,(H,15,16)/b11-9+. The van der Waals surface area contributed by atoms with Crippen molar-refractivity contribution in [2.24, 2.45) is 0 Å². The number of methoxy groups -OCH3 is 1. The van der Waals surface area contributed by atoms with Crippen LogP contribution in [0.4, 0.5) is 0 Å². The molecule has 0 heterocycles. The summed E-state index contributed by atoms with van der Waals surface area (Å²) in [6, 6.07) is 7.88. The number of ether oxygens (including phenoxy) is 1. The molecule has 0 saturated heterocycles. The Bertz CT molecular complexity index is 449. The summed E-state index contributed by atoms with van der Waals surface area (Å²) in [5, 5.41) is 8.84. The number of rotatable bonds is 3. The lowest BCUT2D eigenvalue weighted by atomic mass is 9.93. The van der Waals surface area contributed by atoms with Gasteiger partial charge in [0.25, 0.3) is 0 Å². The topological polar surface area (TPSA) is 46.5 Å². The third-order valence-corrected chi connectivity index (χ3v) is 3.21. The molecule has 17 heavy (non-hydrogen) atoms. The second-order valence-electron chi connectivity index (χ2n) is 4.28. The zero-order valence-electron chi connectivity index (χ0n) is 9.85. The normalized spacial score (nSPS) is 21.7. The van der Waals surface area contributed by atoms with E-state index in [9.17, 15) is 4.79 Å². The lowest BCUT2D eigenvalue weighted by Crippen LogP contribution is -1.99. The van der Waals surface area contributed by atoms with E-state index in [1.807, 2.05) is 24.3 Å². The average molecular weight is 232 g/mol. The van der Waals surface area contributed by atoms with Crippen molar-refractivity contribution in [1.82, 2.24) is 0 Å². The number of hydrogen-bond donors (Lipinski definition) is 1. The quantitative estimate of drug-likeness (QED) is 0.815. The lowest BCUT2D eigenvalue weighted by molar-refractivity contribution is -0.131. The second kappa shape index (κ2) is 5.04. The Morgan fingerprint density at radius 3 is 3.06 bits per heavy atom. The van der Waals surface area contributed by atoms with Gasteiger partial charge >= 0.3 is 5.97 Å². The highest BCUT2D eigenvalue weighted by Crippen LogP contribution is 2.39. The Hall–Kier alpha value is -1.77. The van der Waals surface area contributed by atoms with Gasteiger partial charge < -0.3 is 9.84 Å². The van der Waals surface area contributed by atoms with Crippen LogP contribution < -0.4 is 4.74 Å². The zero-order chi connectivity index (χ0) is 12.3. The summed E-state index contributed by atoms with van der Waals surface area (Å²) < 4.78 is 5.19. The van der Waals surface area contributed by atoms with Crippen molar-refractivity contribution in [2.45, 2.75) is 25.2 Å². The second-order valence-corrected chi connectivity index (χ2v) is 4.28. The number of benzene rings is 1. The predicted octanol–water partition coefficient (Wildman–Crippen LogP) is 2.97. The van der Waals surface area contributed by atoms with Gasteiger partial charge in [-0.25, -0.2) is 4.79 Å². The van der Waals surface area contributed by atoms with Crippen LogP contribution in [0.25, 0.3) is 0 Å². The summed E-state index contributed by atoms with van der Waals surface area (Å²) in [6.07, 6.45) is 4.32. The van der Waals surface area contributed by atoms with Gasteiger partial charge in [0.05, 0.1) is 7.11 Å². The van der Waals surface area contributed by atoms with Crippen LogP contribution in [0.1, 0.15) is 30.7 Å². The number of aliphatic carboxylic acids is 1. The number of allylic oxidation sites excluding steroid dienone is 1. The molecule has 1 saturated carbocycles. The van der Waals surface area contributed by atoms with Crippen LogP contribution in [-0.2, 0) is 4.79 Å². The predicted molar refractivity (Wildman–Crippen MR) is 65.3 cm³/mol. The Labute approximate surface area is 101 Å². The highest BCUT2D eigenvalue weighted by molar-refractivity contribution is 5.81. The molecule has 1 N–H and O–H groups in total.